The van der Waals surface area contributed by atoms with E-state index >= 15 is 0 Å². The Hall–Kier alpha value is -0.0800. The van der Waals surface area contributed by atoms with Gasteiger partial charge < -0.3 is 0 Å². The van der Waals surface area contributed by atoms with Crippen LogP contribution in [0.4, 0.5) is 0 Å². The predicted molar refractivity (Wildman–Crippen MR) is 45.7 cm³/mol. The number of aryl methyl sites for hydroxylation is 1. The van der Waals surface area contributed by atoms with Gasteiger partial charge in [0.05, 0.1) is 0 Å². The van der Waals surface area contributed by atoms with Crippen LogP contribution in [0.15, 0.2) is 28.0 Å². The van der Waals surface area contributed by atoms with Crippen molar-refractivity contribution in [2.75, 3.05) is 0 Å². The Bertz CT molecular complexity index is 218. The molecule has 1 aromatic rings. The lowest BCUT2D eigenvalue weighted by Crippen LogP contribution is -1.73. The fourth-order valence-electron chi connectivity index (χ4n) is 0.633. The summed E-state index contributed by atoms with van der Waals surface area (Å²) in [6, 6.07) is 5.95. The van der Waals surface area contributed by atoms with Gasteiger partial charge in [-0.15, -0.1) is 25.3 Å². The molecule has 0 unspecified atom stereocenters. The summed E-state index contributed by atoms with van der Waals surface area (Å²) in [7, 11) is 0. The zero-order chi connectivity index (χ0) is 6.85. The summed E-state index contributed by atoms with van der Waals surface area (Å²) < 4.78 is 0. The Labute approximate surface area is 66.1 Å². The normalized spacial score (nSPS) is 9.67. The Morgan fingerprint density at radius 2 is 1.78 bits per heavy atom. The van der Waals surface area contributed by atoms with Crippen LogP contribution >= 0.6 is 25.3 Å². The Kier molecular flexibility index (Phi) is 2.09. The molecule has 0 spiro atoms. The van der Waals surface area contributed by atoms with Crippen molar-refractivity contribution in [3.8, 4) is 0 Å². The summed E-state index contributed by atoms with van der Waals surface area (Å²) in [5.41, 5.74) is 1.22. The van der Waals surface area contributed by atoms with E-state index in [9.17, 15) is 0 Å². The third kappa shape index (κ3) is 1.66. The van der Waals surface area contributed by atoms with Crippen molar-refractivity contribution in [3.05, 3.63) is 23.8 Å². The van der Waals surface area contributed by atoms with Crippen molar-refractivity contribution in [3.63, 3.8) is 0 Å². The molecule has 1 aromatic carbocycles. The van der Waals surface area contributed by atoms with Gasteiger partial charge in [0, 0.05) is 9.79 Å². The summed E-state index contributed by atoms with van der Waals surface area (Å²) >= 11 is 8.36. The summed E-state index contributed by atoms with van der Waals surface area (Å²) in [5.74, 6) is 0. The van der Waals surface area contributed by atoms with E-state index < -0.39 is 0 Å². The maximum Gasteiger partial charge on any atom is 0.0176 e. The molecule has 0 N–H and O–H groups in total. The number of benzene rings is 1. The van der Waals surface area contributed by atoms with Crippen LogP contribution in [-0.4, -0.2) is 0 Å². The topological polar surface area (TPSA) is 0 Å². The third-order valence-electron chi connectivity index (χ3n) is 1.13. The minimum atomic E-state index is 0.934. The molecule has 0 amide bonds. The molecule has 0 nitrogen and oxygen atoms in total. The van der Waals surface area contributed by atoms with Crippen molar-refractivity contribution in [2.45, 2.75) is 16.7 Å². The zero-order valence-electron chi connectivity index (χ0n) is 5.13. The van der Waals surface area contributed by atoms with Crippen LogP contribution in [0.3, 0.4) is 0 Å². The molecule has 0 saturated heterocycles. The Morgan fingerprint density at radius 1 is 1.11 bits per heavy atom. The van der Waals surface area contributed by atoms with E-state index in [4.69, 9.17) is 0 Å². The fourth-order valence-corrected chi connectivity index (χ4v) is 1.05. The standard InChI is InChI=1S/C7H8S2/c1-5-2-3-6(8)7(9)4-5/h2-4,8-9H,1H3. The number of hydrogen-bond donors (Lipinski definition) is 2. The lowest BCUT2D eigenvalue weighted by atomic mass is 10.2. The summed E-state index contributed by atoms with van der Waals surface area (Å²) in [6.07, 6.45) is 0. The molecule has 0 aromatic heterocycles. The average molecular weight is 156 g/mol. The third-order valence-corrected chi connectivity index (χ3v) is 2.07. The average Bonchev–Trinajstić information content (AvgIpc) is 1.80. The largest absolute Gasteiger partial charge is 0.142 e. The van der Waals surface area contributed by atoms with Gasteiger partial charge in [0.2, 0.25) is 0 Å². The molecule has 1 rings (SSSR count). The molecule has 0 atom stereocenters. The van der Waals surface area contributed by atoms with Gasteiger partial charge >= 0.3 is 0 Å². The van der Waals surface area contributed by atoms with Crippen molar-refractivity contribution >= 4 is 25.3 Å². The minimum absolute atomic E-state index is 0.934. The first-order valence-corrected chi connectivity index (χ1v) is 3.58. The molecule has 0 aliphatic carbocycles. The van der Waals surface area contributed by atoms with E-state index in [0.29, 0.717) is 0 Å². The maximum atomic E-state index is 4.19. The molecule has 0 aliphatic rings. The molecular formula is C7H8S2. The van der Waals surface area contributed by atoms with Crippen LogP contribution in [-0.2, 0) is 0 Å². The van der Waals surface area contributed by atoms with Gasteiger partial charge in [0.15, 0.2) is 0 Å². The monoisotopic (exact) mass is 156 g/mol. The van der Waals surface area contributed by atoms with Gasteiger partial charge in [-0.3, -0.25) is 0 Å². The van der Waals surface area contributed by atoms with Crippen molar-refractivity contribution < 1.29 is 0 Å². The molecule has 2 heteroatoms. The van der Waals surface area contributed by atoms with E-state index in [1.54, 1.807) is 0 Å². The van der Waals surface area contributed by atoms with Crippen LogP contribution in [0.2, 0.25) is 0 Å². The van der Waals surface area contributed by atoms with Crippen LogP contribution in [0.1, 0.15) is 5.56 Å². The lowest BCUT2D eigenvalue weighted by molar-refractivity contribution is 1.23. The van der Waals surface area contributed by atoms with Gasteiger partial charge in [-0.2, -0.15) is 0 Å². The van der Waals surface area contributed by atoms with Crippen molar-refractivity contribution in [1.82, 2.24) is 0 Å². The first kappa shape index (κ1) is 7.03. The van der Waals surface area contributed by atoms with Crippen molar-refractivity contribution in [2.24, 2.45) is 0 Å². The fraction of sp³-hybridized carbons (Fsp3) is 0.143. The van der Waals surface area contributed by atoms with Crippen LogP contribution in [0, 0.1) is 6.92 Å². The zero-order valence-corrected chi connectivity index (χ0v) is 6.92. The van der Waals surface area contributed by atoms with Gasteiger partial charge in [0.1, 0.15) is 0 Å². The first-order valence-electron chi connectivity index (χ1n) is 2.69. The van der Waals surface area contributed by atoms with E-state index in [1.165, 1.54) is 5.56 Å². The highest BCUT2D eigenvalue weighted by Crippen LogP contribution is 2.18. The van der Waals surface area contributed by atoms with Crippen molar-refractivity contribution in [1.29, 1.82) is 0 Å². The molecule has 0 bridgehead atoms. The molecule has 9 heavy (non-hydrogen) atoms. The van der Waals surface area contributed by atoms with E-state index in [0.717, 1.165) is 9.79 Å². The van der Waals surface area contributed by atoms with E-state index in [1.807, 2.05) is 25.1 Å². The Morgan fingerprint density at radius 3 is 2.22 bits per heavy atom. The summed E-state index contributed by atoms with van der Waals surface area (Å²) in [6.45, 7) is 2.03. The molecule has 48 valence electrons. The first-order chi connectivity index (χ1) is 4.20. The predicted octanol–water partition coefficient (Wildman–Crippen LogP) is 2.57. The molecule has 0 radical (unpaired) electrons. The highest BCUT2D eigenvalue weighted by Gasteiger charge is 1.90. The smallest absolute Gasteiger partial charge is 0.0176 e. The SMILES string of the molecule is Cc1ccc(S)c(S)c1. The van der Waals surface area contributed by atoms with Crippen LogP contribution < -0.4 is 0 Å². The van der Waals surface area contributed by atoms with Crippen LogP contribution in [0.25, 0.3) is 0 Å². The van der Waals surface area contributed by atoms with E-state index in [-0.39, 0.29) is 0 Å². The van der Waals surface area contributed by atoms with Gasteiger partial charge in [-0.1, -0.05) is 6.07 Å². The number of thiol groups is 2. The molecule has 0 saturated carbocycles. The number of hydrogen-bond acceptors (Lipinski definition) is 2. The van der Waals surface area contributed by atoms with Gasteiger partial charge in [0.25, 0.3) is 0 Å². The Balaban J connectivity index is 3.17. The molecule has 0 heterocycles. The molecular weight excluding hydrogens is 148 g/mol. The molecule has 0 fully saturated rings. The van der Waals surface area contributed by atoms with Crippen LogP contribution in [0.5, 0.6) is 0 Å². The highest BCUT2D eigenvalue weighted by atomic mass is 32.1. The second-order valence-electron chi connectivity index (χ2n) is 1.99. The van der Waals surface area contributed by atoms with Gasteiger partial charge in [-0.05, 0) is 24.6 Å². The lowest BCUT2D eigenvalue weighted by Gasteiger charge is -1.96. The summed E-state index contributed by atoms with van der Waals surface area (Å²) in [5, 5.41) is 0. The van der Waals surface area contributed by atoms with E-state index in [2.05, 4.69) is 25.3 Å². The maximum absolute atomic E-state index is 4.19. The highest BCUT2D eigenvalue weighted by molar-refractivity contribution is 7.83. The second-order valence-corrected chi connectivity index (χ2v) is 2.96. The molecule has 0 aliphatic heterocycles. The minimum Gasteiger partial charge on any atom is -0.142 e. The second kappa shape index (κ2) is 2.67. The quantitative estimate of drug-likeness (QED) is 0.530. The van der Waals surface area contributed by atoms with Gasteiger partial charge in [-0.25, -0.2) is 0 Å². The summed E-state index contributed by atoms with van der Waals surface area (Å²) in [4.78, 5) is 1.88. The number of rotatable bonds is 0.